The molecule has 0 saturated carbocycles. The van der Waals surface area contributed by atoms with Crippen molar-refractivity contribution in [2.45, 2.75) is 25.8 Å². The molecule has 0 aliphatic heterocycles. The smallest absolute Gasteiger partial charge is 0.418 e. The van der Waals surface area contributed by atoms with Gasteiger partial charge in [0.25, 0.3) is 0 Å². The third-order valence-corrected chi connectivity index (χ3v) is 6.16. The predicted molar refractivity (Wildman–Crippen MR) is 126 cm³/mol. The average molecular weight is 524 g/mol. The van der Waals surface area contributed by atoms with E-state index in [1.54, 1.807) is 0 Å². The molecule has 0 spiro atoms. The zero-order valence-electron chi connectivity index (χ0n) is 17.1. The maximum absolute atomic E-state index is 12.9. The van der Waals surface area contributed by atoms with E-state index in [1.165, 1.54) is 30.5 Å². The molecule has 0 bridgehead atoms. The quantitative estimate of drug-likeness (QED) is 0.330. The third-order valence-electron chi connectivity index (χ3n) is 4.70. The molecule has 0 amide bonds. The summed E-state index contributed by atoms with van der Waals surface area (Å²) in [7, 11) is 0. The van der Waals surface area contributed by atoms with Crippen molar-refractivity contribution in [1.82, 2.24) is 0 Å². The second-order valence-corrected chi connectivity index (χ2v) is 8.86. The van der Waals surface area contributed by atoms with Crippen molar-refractivity contribution in [3.8, 4) is 16.9 Å². The van der Waals surface area contributed by atoms with Crippen molar-refractivity contribution >= 4 is 32.8 Å². The van der Waals surface area contributed by atoms with Gasteiger partial charge in [0.05, 0.1) is 0 Å². The molecular weight excluding hydrogens is 503 g/mol. The molecule has 3 aromatic rings. The van der Waals surface area contributed by atoms with E-state index >= 15 is 0 Å². The second kappa shape index (κ2) is 10.4. The Morgan fingerprint density at radius 3 is 2.53 bits per heavy atom. The molecule has 1 unspecified atom stereocenters. The number of rotatable bonds is 7. The number of nitrogens with two attached hydrogens (primary N) is 1. The topological polar surface area (TPSA) is 55.5 Å². The Bertz CT molecular complexity index is 1120. The van der Waals surface area contributed by atoms with Gasteiger partial charge in [-0.2, -0.15) is 13.2 Å². The molecule has 0 aliphatic rings. The van der Waals surface area contributed by atoms with Gasteiger partial charge in [-0.3, -0.25) is 0 Å². The first-order valence-corrected chi connectivity index (χ1v) is 11.3. The second-order valence-electron chi connectivity index (χ2n) is 7.03. The molecular formula is C24H21BrF3NO2S. The van der Waals surface area contributed by atoms with Crippen LogP contribution in [0.5, 0.6) is 5.75 Å². The van der Waals surface area contributed by atoms with Gasteiger partial charge in [-0.15, -0.1) is 11.3 Å². The summed E-state index contributed by atoms with van der Waals surface area (Å²) in [5.74, 6) is 0.629. The maximum atomic E-state index is 12.9. The summed E-state index contributed by atoms with van der Waals surface area (Å²) in [6.45, 7) is 1.59. The molecule has 3 N–H and O–H groups in total. The molecule has 0 fully saturated rings. The lowest BCUT2D eigenvalue weighted by Gasteiger charge is -2.16. The first-order valence-electron chi connectivity index (χ1n) is 9.60. The largest absolute Gasteiger partial charge is 0.488 e. The van der Waals surface area contributed by atoms with Crippen molar-refractivity contribution in [3.63, 3.8) is 0 Å². The fraction of sp³-hybridized carbons (Fsp3) is 0.167. The van der Waals surface area contributed by atoms with Gasteiger partial charge >= 0.3 is 6.18 Å². The van der Waals surface area contributed by atoms with Crippen LogP contribution in [0.2, 0.25) is 0 Å². The molecule has 3 rings (SSSR count). The number of aliphatic hydroxyl groups is 1. The molecule has 0 aliphatic carbocycles. The Balaban J connectivity index is 1.97. The number of benzene rings is 2. The molecule has 1 aromatic heterocycles. The van der Waals surface area contributed by atoms with Crippen molar-refractivity contribution < 1.29 is 23.0 Å². The third kappa shape index (κ3) is 5.82. The Morgan fingerprint density at radius 1 is 1.16 bits per heavy atom. The molecule has 1 heterocycles. The molecule has 1 atom stereocenters. The summed E-state index contributed by atoms with van der Waals surface area (Å²) in [6, 6.07) is 17.2. The van der Waals surface area contributed by atoms with Crippen molar-refractivity contribution in [3.05, 3.63) is 92.7 Å². The highest BCUT2D eigenvalue weighted by molar-refractivity contribution is 9.10. The highest BCUT2D eigenvalue weighted by Gasteiger charge is 2.39. The van der Waals surface area contributed by atoms with Crippen molar-refractivity contribution in [2.24, 2.45) is 5.73 Å². The molecule has 0 saturated heterocycles. The first-order chi connectivity index (χ1) is 15.2. The normalized spacial score (nSPS) is 13.8. The fourth-order valence-electron chi connectivity index (χ4n) is 3.09. The van der Waals surface area contributed by atoms with Crippen LogP contribution in [0, 0.1) is 0 Å². The lowest BCUT2D eigenvalue weighted by atomic mass is 10.00. The van der Waals surface area contributed by atoms with Crippen LogP contribution in [0.25, 0.3) is 16.7 Å². The Morgan fingerprint density at radius 2 is 1.88 bits per heavy atom. The number of ether oxygens (including phenoxy) is 1. The minimum absolute atomic E-state index is 0.247. The zero-order valence-corrected chi connectivity index (χ0v) is 19.5. The van der Waals surface area contributed by atoms with E-state index in [2.05, 4.69) is 15.9 Å². The number of aliphatic hydroxyl groups excluding tert-OH is 1. The monoisotopic (exact) mass is 523 g/mol. The first kappa shape index (κ1) is 24.1. The number of hydrogen-bond donors (Lipinski definition) is 2. The van der Waals surface area contributed by atoms with E-state index in [-0.39, 0.29) is 5.57 Å². The minimum Gasteiger partial charge on any atom is -0.488 e. The zero-order chi connectivity index (χ0) is 23.3. The van der Waals surface area contributed by atoms with Gasteiger partial charge in [0.1, 0.15) is 12.4 Å². The van der Waals surface area contributed by atoms with E-state index in [4.69, 9.17) is 10.5 Å². The lowest BCUT2D eigenvalue weighted by Crippen LogP contribution is -2.29. The van der Waals surface area contributed by atoms with E-state index in [0.29, 0.717) is 22.8 Å². The SMILES string of the molecule is C/C(=C\C(=C/N)c1sccc1-c1cc(Br)ccc1OCc1ccccc1)C(O)C(F)(F)F. The number of alkyl halides is 3. The van der Waals surface area contributed by atoms with Gasteiger partial charge in [0.2, 0.25) is 0 Å². The minimum atomic E-state index is -4.75. The molecule has 3 nitrogen and oxygen atoms in total. The number of thiophene rings is 1. The summed E-state index contributed by atoms with van der Waals surface area (Å²) < 4.78 is 45.6. The lowest BCUT2D eigenvalue weighted by molar-refractivity contribution is -0.191. The van der Waals surface area contributed by atoms with Gasteiger partial charge in [-0.05, 0) is 47.7 Å². The summed E-state index contributed by atoms with van der Waals surface area (Å²) in [4.78, 5) is 0.670. The van der Waals surface area contributed by atoms with Gasteiger partial charge in [-0.25, -0.2) is 0 Å². The van der Waals surface area contributed by atoms with Crippen LogP contribution >= 0.6 is 27.3 Å². The molecule has 32 heavy (non-hydrogen) atoms. The van der Waals surface area contributed by atoms with E-state index in [0.717, 1.165) is 21.2 Å². The highest BCUT2D eigenvalue weighted by atomic mass is 79.9. The standard InChI is InChI=1S/C24H21BrF3NO2S/c1-15(23(30)24(26,27)28)11-17(13-29)22-19(9-10-32-22)20-12-18(25)7-8-21(20)31-14-16-5-3-2-4-6-16/h2-13,23,30H,14,29H2,1H3/b15-11+,17-13+. The molecule has 8 heteroatoms. The van der Waals surface area contributed by atoms with Crippen LogP contribution in [0.1, 0.15) is 17.4 Å². The summed E-state index contributed by atoms with van der Waals surface area (Å²) in [5, 5.41) is 11.4. The van der Waals surface area contributed by atoms with Crippen LogP contribution in [0.3, 0.4) is 0 Å². The molecule has 2 aromatic carbocycles. The van der Waals surface area contributed by atoms with Crippen LogP contribution in [0.15, 0.2) is 82.3 Å². The van der Waals surface area contributed by atoms with Crippen molar-refractivity contribution in [1.29, 1.82) is 0 Å². The number of halogens is 4. The average Bonchev–Trinajstić information content (AvgIpc) is 3.25. The summed E-state index contributed by atoms with van der Waals surface area (Å²) in [5.41, 5.74) is 8.45. The fourth-order valence-corrected chi connectivity index (χ4v) is 4.36. The molecule has 168 valence electrons. The Kier molecular flexibility index (Phi) is 7.82. The number of allylic oxidation sites excluding steroid dienone is 2. The van der Waals surface area contributed by atoms with Crippen LogP contribution in [-0.2, 0) is 6.61 Å². The predicted octanol–water partition coefficient (Wildman–Crippen LogP) is 6.93. The van der Waals surface area contributed by atoms with Gasteiger partial charge in [0.15, 0.2) is 6.10 Å². The van der Waals surface area contributed by atoms with Crippen molar-refractivity contribution in [2.75, 3.05) is 0 Å². The summed E-state index contributed by atoms with van der Waals surface area (Å²) in [6.07, 6.45) is -4.81. The van der Waals surface area contributed by atoms with Gasteiger partial charge in [-0.1, -0.05) is 52.3 Å². The molecule has 0 radical (unpaired) electrons. The van der Waals surface area contributed by atoms with E-state index < -0.39 is 12.3 Å². The van der Waals surface area contributed by atoms with Gasteiger partial charge < -0.3 is 15.6 Å². The Labute approximate surface area is 196 Å². The van der Waals surface area contributed by atoms with E-state index in [9.17, 15) is 18.3 Å². The van der Waals surface area contributed by atoms with E-state index in [1.807, 2.05) is 60.0 Å². The van der Waals surface area contributed by atoms with Crippen LogP contribution in [0.4, 0.5) is 13.2 Å². The van der Waals surface area contributed by atoms with Crippen LogP contribution in [-0.4, -0.2) is 17.4 Å². The van der Waals surface area contributed by atoms with Gasteiger partial charge in [0, 0.05) is 32.2 Å². The highest BCUT2D eigenvalue weighted by Crippen LogP contribution is 2.41. The summed E-state index contributed by atoms with van der Waals surface area (Å²) >= 11 is 4.82. The Hall–Kier alpha value is -2.55. The number of hydrogen-bond acceptors (Lipinski definition) is 4. The van der Waals surface area contributed by atoms with Crippen LogP contribution < -0.4 is 10.5 Å². The maximum Gasteiger partial charge on any atom is 0.418 e.